The van der Waals surface area contributed by atoms with E-state index in [2.05, 4.69) is 10.3 Å². The van der Waals surface area contributed by atoms with E-state index in [1.165, 1.54) is 4.68 Å². The van der Waals surface area contributed by atoms with E-state index in [0.29, 0.717) is 30.7 Å². The molecule has 30 heavy (non-hydrogen) atoms. The molecular weight excluding hydrogens is 384 g/mol. The zero-order valence-electron chi connectivity index (χ0n) is 16.5. The largest absolute Gasteiger partial charge is 0.486 e. The van der Waals surface area contributed by atoms with Gasteiger partial charge in [-0.2, -0.15) is 0 Å². The van der Waals surface area contributed by atoms with Gasteiger partial charge in [0.1, 0.15) is 18.7 Å². The first-order chi connectivity index (χ1) is 14.7. The summed E-state index contributed by atoms with van der Waals surface area (Å²) in [6.07, 6.45) is 2.05. The molecule has 0 saturated carbocycles. The molecule has 0 bridgehead atoms. The number of amides is 1. The van der Waals surface area contributed by atoms with Crippen molar-refractivity contribution < 1.29 is 14.3 Å². The first-order valence-electron chi connectivity index (χ1n) is 10.2. The molecule has 1 atom stereocenters. The lowest BCUT2D eigenvalue weighted by Gasteiger charge is -2.27. The molecule has 2 aromatic carbocycles. The number of ether oxygens (including phenoxy) is 2. The predicted molar refractivity (Wildman–Crippen MR) is 110 cm³/mol. The molecule has 0 spiro atoms. The maximum absolute atomic E-state index is 13.0. The SMILES string of the molecule is O=C(CCn1nnc2ccccc2c1=O)N1CCCC1c1ccc2c(c1)OCCO2. The summed E-state index contributed by atoms with van der Waals surface area (Å²) in [6.45, 7) is 2.00. The van der Waals surface area contributed by atoms with E-state index in [1.807, 2.05) is 29.2 Å². The minimum absolute atomic E-state index is 0.00716. The van der Waals surface area contributed by atoms with Crippen LogP contribution in [0.2, 0.25) is 0 Å². The van der Waals surface area contributed by atoms with Gasteiger partial charge >= 0.3 is 0 Å². The Balaban J connectivity index is 1.31. The Kier molecular flexibility index (Phi) is 4.82. The summed E-state index contributed by atoms with van der Waals surface area (Å²) in [5, 5.41) is 8.58. The van der Waals surface area contributed by atoms with E-state index >= 15 is 0 Å². The highest BCUT2D eigenvalue weighted by atomic mass is 16.6. The molecule has 5 rings (SSSR count). The number of carbonyl (C=O) groups is 1. The molecule has 2 aliphatic rings. The maximum Gasteiger partial charge on any atom is 0.277 e. The number of hydrogen-bond acceptors (Lipinski definition) is 6. The smallest absolute Gasteiger partial charge is 0.277 e. The molecular formula is C22H22N4O4. The topological polar surface area (TPSA) is 86.5 Å². The molecule has 8 nitrogen and oxygen atoms in total. The van der Waals surface area contributed by atoms with Crippen molar-refractivity contribution in [2.24, 2.45) is 0 Å². The molecule has 154 valence electrons. The van der Waals surface area contributed by atoms with E-state index in [4.69, 9.17) is 9.47 Å². The summed E-state index contributed by atoms with van der Waals surface area (Å²) in [5.41, 5.74) is 1.38. The van der Waals surface area contributed by atoms with E-state index < -0.39 is 0 Å². The zero-order chi connectivity index (χ0) is 20.5. The van der Waals surface area contributed by atoms with E-state index in [0.717, 1.165) is 29.9 Å². The van der Waals surface area contributed by atoms with Crippen LogP contribution in [0, 0.1) is 0 Å². The Labute approximate surface area is 173 Å². The molecule has 8 heteroatoms. The Bertz CT molecular complexity index is 1160. The molecule has 2 aliphatic heterocycles. The fourth-order valence-corrected chi connectivity index (χ4v) is 4.19. The molecule has 1 unspecified atom stereocenters. The Morgan fingerprint density at radius 3 is 2.83 bits per heavy atom. The van der Waals surface area contributed by atoms with Crippen molar-refractivity contribution in [1.82, 2.24) is 19.9 Å². The van der Waals surface area contributed by atoms with Crippen LogP contribution in [0.1, 0.15) is 30.9 Å². The van der Waals surface area contributed by atoms with Crippen LogP contribution in [-0.4, -0.2) is 45.6 Å². The van der Waals surface area contributed by atoms with Crippen LogP contribution in [0.25, 0.3) is 10.9 Å². The second kappa shape index (κ2) is 7.78. The van der Waals surface area contributed by atoms with E-state index in [9.17, 15) is 9.59 Å². The summed E-state index contributed by atoms with van der Waals surface area (Å²) < 4.78 is 12.6. The van der Waals surface area contributed by atoms with Gasteiger partial charge in [0.15, 0.2) is 11.5 Å². The molecule has 1 aromatic heterocycles. The quantitative estimate of drug-likeness (QED) is 0.661. The number of fused-ring (bicyclic) bond motifs is 2. The van der Waals surface area contributed by atoms with Crippen LogP contribution >= 0.6 is 0 Å². The summed E-state index contributed by atoms with van der Waals surface area (Å²) in [6, 6.07) is 13.0. The van der Waals surface area contributed by atoms with Gasteiger partial charge in [0.05, 0.1) is 18.0 Å². The standard InChI is InChI=1S/C22H22N4O4/c27-21(9-11-26-22(28)16-4-1-2-5-17(16)23-24-26)25-10-3-6-18(25)15-7-8-19-20(14-15)30-13-12-29-19/h1-2,4-5,7-8,14,18H,3,6,9-13H2. The summed E-state index contributed by atoms with van der Waals surface area (Å²) in [4.78, 5) is 27.5. The van der Waals surface area contributed by atoms with Crippen molar-refractivity contribution in [3.8, 4) is 11.5 Å². The number of benzene rings is 2. The van der Waals surface area contributed by atoms with Gasteiger partial charge in [0.25, 0.3) is 5.56 Å². The molecule has 3 aromatic rings. The average Bonchev–Trinajstić information content (AvgIpc) is 3.28. The van der Waals surface area contributed by atoms with Gasteiger partial charge in [-0.25, -0.2) is 4.68 Å². The van der Waals surface area contributed by atoms with E-state index in [1.54, 1.807) is 18.2 Å². The number of hydrogen-bond donors (Lipinski definition) is 0. The normalized spacial score (nSPS) is 18.0. The van der Waals surface area contributed by atoms with Gasteiger partial charge in [0.2, 0.25) is 5.91 Å². The molecule has 1 amide bonds. The van der Waals surface area contributed by atoms with E-state index in [-0.39, 0.29) is 30.5 Å². The average molecular weight is 406 g/mol. The van der Waals surface area contributed by atoms with Gasteiger partial charge in [-0.15, -0.1) is 5.10 Å². The molecule has 0 aliphatic carbocycles. The molecule has 0 N–H and O–H groups in total. The van der Waals surface area contributed by atoms with Gasteiger partial charge in [0, 0.05) is 13.0 Å². The minimum Gasteiger partial charge on any atom is -0.486 e. The van der Waals surface area contributed by atoms with Gasteiger partial charge in [-0.1, -0.05) is 23.4 Å². The predicted octanol–water partition coefficient (Wildman–Crippen LogP) is 2.32. The van der Waals surface area contributed by atoms with Crippen LogP contribution in [0.15, 0.2) is 47.3 Å². The van der Waals surface area contributed by atoms with Crippen LogP contribution in [0.3, 0.4) is 0 Å². The number of aromatic nitrogens is 3. The van der Waals surface area contributed by atoms with Crippen LogP contribution < -0.4 is 15.0 Å². The van der Waals surface area contributed by atoms with Crippen molar-refractivity contribution in [1.29, 1.82) is 0 Å². The fraction of sp³-hybridized carbons (Fsp3) is 0.364. The first-order valence-corrected chi connectivity index (χ1v) is 10.2. The first kappa shape index (κ1) is 18.6. The number of rotatable bonds is 4. The van der Waals surface area contributed by atoms with Gasteiger partial charge < -0.3 is 14.4 Å². The lowest BCUT2D eigenvalue weighted by molar-refractivity contribution is -0.132. The van der Waals surface area contributed by atoms with Gasteiger partial charge in [-0.3, -0.25) is 9.59 Å². The lowest BCUT2D eigenvalue weighted by Crippen LogP contribution is -2.33. The van der Waals surface area contributed by atoms with Crippen LogP contribution in [-0.2, 0) is 11.3 Å². The third-order valence-corrected chi connectivity index (χ3v) is 5.69. The molecule has 1 saturated heterocycles. The summed E-state index contributed by atoms with van der Waals surface area (Å²) >= 11 is 0. The number of likely N-dealkylation sites (tertiary alicyclic amines) is 1. The highest BCUT2D eigenvalue weighted by Gasteiger charge is 2.30. The van der Waals surface area contributed by atoms with Crippen molar-refractivity contribution in [3.05, 3.63) is 58.4 Å². The van der Waals surface area contributed by atoms with Crippen molar-refractivity contribution in [2.45, 2.75) is 31.8 Å². The third kappa shape index (κ3) is 3.38. The second-order valence-electron chi connectivity index (χ2n) is 7.53. The third-order valence-electron chi connectivity index (χ3n) is 5.69. The van der Waals surface area contributed by atoms with Gasteiger partial charge in [-0.05, 0) is 42.7 Å². The Morgan fingerprint density at radius 1 is 1.10 bits per heavy atom. The molecule has 0 radical (unpaired) electrons. The number of carbonyl (C=O) groups excluding carboxylic acids is 1. The molecule has 1 fully saturated rings. The highest BCUT2D eigenvalue weighted by molar-refractivity contribution is 5.78. The number of nitrogens with zero attached hydrogens (tertiary/aromatic N) is 4. The second-order valence-corrected chi connectivity index (χ2v) is 7.53. The lowest BCUT2D eigenvalue weighted by atomic mass is 10.0. The van der Waals surface area contributed by atoms with Crippen LogP contribution in [0.4, 0.5) is 0 Å². The maximum atomic E-state index is 13.0. The van der Waals surface area contributed by atoms with Crippen LogP contribution in [0.5, 0.6) is 11.5 Å². The van der Waals surface area contributed by atoms with Crippen molar-refractivity contribution in [2.75, 3.05) is 19.8 Å². The Morgan fingerprint density at radius 2 is 1.93 bits per heavy atom. The van der Waals surface area contributed by atoms with Crippen molar-refractivity contribution in [3.63, 3.8) is 0 Å². The summed E-state index contributed by atoms with van der Waals surface area (Å²) in [5.74, 6) is 1.49. The monoisotopic (exact) mass is 406 g/mol. The zero-order valence-corrected chi connectivity index (χ0v) is 16.5. The summed E-state index contributed by atoms with van der Waals surface area (Å²) in [7, 11) is 0. The number of aryl methyl sites for hydroxylation is 1. The Hall–Kier alpha value is -3.42. The molecule has 3 heterocycles. The van der Waals surface area contributed by atoms with Crippen molar-refractivity contribution >= 4 is 16.8 Å². The highest BCUT2D eigenvalue weighted by Crippen LogP contribution is 2.38. The fourth-order valence-electron chi connectivity index (χ4n) is 4.19. The minimum atomic E-state index is -0.224.